The monoisotopic (exact) mass is 485 g/mol. The second kappa shape index (κ2) is 10.1. The van der Waals surface area contributed by atoms with Crippen LogP contribution in [0.2, 0.25) is 0 Å². The number of phosphoric acid groups is 1. The van der Waals surface area contributed by atoms with E-state index < -0.39 is 14.6 Å². The maximum absolute atomic E-state index is 13.7. The van der Waals surface area contributed by atoms with E-state index in [9.17, 15) is 8.96 Å². The summed E-state index contributed by atoms with van der Waals surface area (Å²) in [6.45, 7) is 0.0808. The molecule has 0 unspecified atom stereocenters. The first-order valence-corrected chi connectivity index (χ1v) is 11.8. The molecule has 4 rings (SSSR count). The van der Waals surface area contributed by atoms with Crippen LogP contribution >= 0.6 is 7.82 Å². The van der Waals surface area contributed by atoms with Crippen molar-refractivity contribution < 1.29 is 32.4 Å². The summed E-state index contributed by atoms with van der Waals surface area (Å²) in [6.07, 6.45) is 2.06. The molecule has 176 valence electrons. The third-order valence-corrected chi connectivity index (χ3v) is 5.52. The molecule has 2 heterocycles. The molecule has 5 N–H and O–H groups in total. The van der Waals surface area contributed by atoms with Crippen molar-refractivity contribution >= 4 is 19.3 Å². The van der Waals surface area contributed by atoms with Crippen LogP contribution in [0.4, 0.5) is 15.9 Å². The molecule has 9 nitrogen and oxygen atoms in total. The molecule has 0 saturated heterocycles. The van der Waals surface area contributed by atoms with Gasteiger partial charge in [0.1, 0.15) is 11.4 Å². The number of rotatable bonds is 9. The molecule has 0 aliphatic carbocycles. The molecule has 0 radical (unpaired) electrons. The minimum Gasteiger partial charge on any atom is -0.379 e. The van der Waals surface area contributed by atoms with Crippen LogP contribution < -0.4 is 15.6 Å². The van der Waals surface area contributed by atoms with Gasteiger partial charge in [0.2, 0.25) is 6.73 Å². The van der Waals surface area contributed by atoms with E-state index in [2.05, 4.69) is 15.0 Å². The van der Waals surface area contributed by atoms with Crippen molar-refractivity contribution in [3.63, 3.8) is 0 Å². The van der Waals surface area contributed by atoms with Gasteiger partial charge in [-0.25, -0.2) is 18.0 Å². The molecule has 34 heavy (non-hydrogen) atoms. The van der Waals surface area contributed by atoms with Crippen LogP contribution in [0.25, 0.3) is 11.3 Å². The van der Waals surface area contributed by atoms with Gasteiger partial charge < -0.3 is 19.6 Å². The number of nitrogens with one attached hydrogen (secondary N) is 1. The van der Waals surface area contributed by atoms with Crippen LogP contribution in [0.15, 0.2) is 77.4 Å². The smallest absolute Gasteiger partial charge is 0.379 e. The lowest BCUT2D eigenvalue weighted by Gasteiger charge is -2.08. The molecule has 0 spiro atoms. The first kappa shape index (κ1) is 23.6. The maximum atomic E-state index is 13.7. The van der Waals surface area contributed by atoms with Gasteiger partial charge in [0.05, 0.1) is 17.6 Å². The number of halogens is 1. The molecule has 4 aromatic rings. The van der Waals surface area contributed by atoms with Gasteiger partial charge in [-0.1, -0.05) is 41.6 Å². The first-order chi connectivity index (χ1) is 16.3. The van der Waals surface area contributed by atoms with Gasteiger partial charge >= 0.3 is 7.82 Å². The Hall–Kier alpha value is -3.56. The van der Waals surface area contributed by atoms with Crippen molar-refractivity contribution in [2.75, 3.05) is 11.1 Å². The van der Waals surface area contributed by atoms with E-state index >= 15 is 0 Å². The predicted octanol–water partition coefficient (Wildman–Crippen LogP) is 3.62. The van der Waals surface area contributed by atoms with Crippen LogP contribution in [-0.2, 0) is 28.8 Å². The van der Waals surface area contributed by atoms with Crippen LogP contribution in [0.1, 0.15) is 16.8 Å². The van der Waals surface area contributed by atoms with Gasteiger partial charge in [0, 0.05) is 19.0 Å². The fourth-order valence-electron chi connectivity index (χ4n) is 3.33. The number of nitrogens with two attached hydrogens (primary N) is 1. The average molecular weight is 485 g/mol. The van der Waals surface area contributed by atoms with Gasteiger partial charge in [-0.15, -0.1) is 0 Å². The maximum Gasteiger partial charge on any atom is 0.472 e. The van der Waals surface area contributed by atoms with Crippen molar-refractivity contribution in [2.24, 2.45) is 0 Å². The van der Waals surface area contributed by atoms with E-state index in [1.165, 1.54) is 16.8 Å². The number of pyridine rings is 1. The quantitative estimate of drug-likeness (QED) is 0.209. The summed E-state index contributed by atoms with van der Waals surface area (Å²) in [4.78, 5) is 17.8. The molecule has 0 atom stereocenters. The molecule has 0 amide bonds. The fourth-order valence-corrected chi connectivity index (χ4v) is 3.60. The van der Waals surface area contributed by atoms with E-state index in [0.717, 1.165) is 11.1 Å². The highest BCUT2D eigenvalue weighted by Crippen LogP contribution is 2.35. The average Bonchev–Trinajstić information content (AvgIpc) is 3.26. The molecule has 0 saturated carbocycles. The summed E-state index contributed by atoms with van der Waals surface area (Å²) in [6, 6.07) is 19.5. The van der Waals surface area contributed by atoms with E-state index in [1.54, 1.807) is 36.4 Å². The predicted molar refractivity (Wildman–Crippen MR) is 123 cm³/mol. The Labute approximate surface area is 194 Å². The zero-order valence-corrected chi connectivity index (χ0v) is 18.9. The zero-order chi connectivity index (χ0) is 24.1. The Balaban J connectivity index is 1.40. The Morgan fingerprint density at radius 3 is 2.56 bits per heavy atom. The van der Waals surface area contributed by atoms with Crippen molar-refractivity contribution in [1.29, 1.82) is 0 Å². The molecule has 0 aliphatic heterocycles. The summed E-state index contributed by atoms with van der Waals surface area (Å²) in [5, 5.41) is 7.18. The number of aromatic nitrogens is 2. The van der Waals surface area contributed by atoms with Gasteiger partial charge in [-0.2, -0.15) is 0 Å². The highest BCUT2D eigenvalue weighted by atomic mass is 31.2. The molecule has 2 aromatic heterocycles. The normalized spacial score (nSPS) is 11.5. The minimum absolute atomic E-state index is 0.213. The van der Waals surface area contributed by atoms with Crippen molar-refractivity contribution in [2.45, 2.75) is 19.7 Å². The van der Waals surface area contributed by atoms with E-state index in [-0.39, 0.29) is 11.6 Å². The lowest BCUT2D eigenvalue weighted by Crippen LogP contribution is -2.38. The molecular formula is C23H23FN4O5P+. The van der Waals surface area contributed by atoms with E-state index in [0.29, 0.717) is 35.7 Å². The third kappa shape index (κ3) is 6.06. The topological polar surface area (TPSA) is 135 Å². The van der Waals surface area contributed by atoms with Crippen LogP contribution in [-0.4, -0.2) is 14.9 Å². The zero-order valence-electron chi connectivity index (χ0n) is 18.0. The molecule has 0 bridgehead atoms. The Kier molecular flexibility index (Phi) is 7.04. The summed E-state index contributed by atoms with van der Waals surface area (Å²) < 4.78 is 36.0. The summed E-state index contributed by atoms with van der Waals surface area (Å²) >= 11 is 0. The largest absolute Gasteiger partial charge is 0.472 e. The standard InChI is InChI=1S/C23H22FN4O5P/c24-20-5-1-2-6-21(20)26-14-17-9-7-16(8-10-17)12-18-13-22(33-27-18)19-4-3-11-28(23(19)25)15-32-34(29,30)31/h1-11,13,25-26H,12,14-15H2,(H2,29,30,31)/p+1. The van der Waals surface area contributed by atoms with Gasteiger partial charge in [-0.05, 0) is 35.4 Å². The summed E-state index contributed by atoms with van der Waals surface area (Å²) in [5.41, 5.74) is 9.80. The Morgan fingerprint density at radius 1 is 1.09 bits per heavy atom. The van der Waals surface area contributed by atoms with Crippen LogP contribution in [0.3, 0.4) is 0 Å². The molecular weight excluding hydrogens is 462 g/mol. The van der Waals surface area contributed by atoms with E-state index in [1.807, 2.05) is 24.3 Å². The Bertz CT molecular complexity index is 1320. The number of para-hydroxylation sites is 1. The van der Waals surface area contributed by atoms with Crippen LogP contribution in [0.5, 0.6) is 0 Å². The minimum atomic E-state index is -4.63. The lowest BCUT2D eigenvalue weighted by atomic mass is 10.1. The number of hydrogen-bond acceptors (Lipinski definition) is 6. The molecule has 2 aromatic carbocycles. The number of nitrogen functional groups attached to an aromatic ring is 1. The van der Waals surface area contributed by atoms with Crippen molar-refractivity contribution in [1.82, 2.24) is 5.16 Å². The highest BCUT2D eigenvalue weighted by Gasteiger charge is 2.20. The second-order valence-corrected chi connectivity index (χ2v) is 8.77. The van der Waals surface area contributed by atoms with Gasteiger partial charge in [-0.3, -0.25) is 5.73 Å². The number of anilines is 2. The summed E-state index contributed by atoms with van der Waals surface area (Å²) in [5.74, 6) is 0.342. The number of nitrogens with zero attached hydrogens (tertiary/aromatic N) is 2. The molecule has 0 fully saturated rings. The number of hydrogen-bond donors (Lipinski definition) is 4. The summed E-state index contributed by atoms with van der Waals surface area (Å²) in [7, 11) is -4.63. The third-order valence-electron chi connectivity index (χ3n) is 5.07. The van der Waals surface area contributed by atoms with E-state index in [4.69, 9.17) is 20.0 Å². The lowest BCUT2D eigenvalue weighted by molar-refractivity contribution is -0.711. The second-order valence-electron chi connectivity index (χ2n) is 7.53. The number of phosphoric ester groups is 1. The first-order valence-electron chi connectivity index (χ1n) is 10.3. The van der Waals surface area contributed by atoms with Crippen molar-refractivity contribution in [3.8, 4) is 11.3 Å². The fraction of sp³-hybridized carbons (Fsp3) is 0.130. The van der Waals surface area contributed by atoms with Gasteiger partial charge in [0.15, 0.2) is 5.76 Å². The van der Waals surface area contributed by atoms with Gasteiger partial charge in [0.25, 0.3) is 5.82 Å². The van der Waals surface area contributed by atoms with Crippen molar-refractivity contribution in [3.05, 3.63) is 95.6 Å². The van der Waals surface area contributed by atoms with Crippen LogP contribution in [0, 0.1) is 5.82 Å². The number of benzene rings is 2. The molecule has 11 heteroatoms. The molecule has 0 aliphatic rings. The SMILES string of the molecule is Nc1c(-c2cc(Cc3ccc(CNc4ccccc4F)cc3)no2)ccc[n+]1COP(=O)(O)O. The highest BCUT2D eigenvalue weighted by molar-refractivity contribution is 7.46. The Morgan fingerprint density at radius 2 is 1.82 bits per heavy atom.